The fourth-order valence-corrected chi connectivity index (χ4v) is 2.94. The second kappa shape index (κ2) is 5.48. The van der Waals surface area contributed by atoms with Gasteiger partial charge >= 0.3 is 5.69 Å². The Kier molecular flexibility index (Phi) is 4.13. The fraction of sp³-hybridized carbons (Fsp3) is 0.667. The van der Waals surface area contributed by atoms with Crippen molar-refractivity contribution in [3.63, 3.8) is 0 Å². The highest BCUT2D eigenvalue weighted by atomic mass is 35.5. The van der Waals surface area contributed by atoms with E-state index in [1.807, 2.05) is 6.92 Å². The SMILES string of the molecule is CCC[C@@]1(CO)C[C@@H](Cl)C(n2ccc(N)nc2=O)O1. The normalized spacial score (nSPS) is 30.7. The second-order valence-corrected chi connectivity index (χ2v) is 5.42. The summed E-state index contributed by atoms with van der Waals surface area (Å²) in [4.78, 5) is 15.5. The fourth-order valence-electron chi connectivity index (χ4n) is 2.48. The molecule has 0 aliphatic carbocycles. The van der Waals surface area contributed by atoms with Gasteiger partial charge in [0.05, 0.1) is 17.6 Å². The van der Waals surface area contributed by atoms with Gasteiger partial charge in [-0.1, -0.05) is 13.3 Å². The second-order valence-electron chi connectivity index (χ2n) is 4.86. The molecule has 0 amide bonds. The Bertz CT molecular complexity index is 507. The number of aliphatic hydroxyl groups excluding tert-OH is 1. The van der Waals surface area contributed by atoms with Gasteiger partial charge in [0.15, 0.2) is 6.23 Å². The summed E-state index contributed by atoms with van der Waals surface area (Å²) in [5.74, 6) is 0.160. The van der Waals surface area contributed by atoms with Crippen LogP contribution in [0.15, 0.2) is 17.1 Å². The first-order chi connectivity index (χ1) is 9.01. The Balaban J connectivity index is 2.29. The summed E-state index contributed by atoms with van der Waals surface area (Å²) in [6.07, 6.45) is 2.96. The summed E-state index contributed by atoms with van der Waals surface area (Å²) in [6, 6.07) is 1.52. The smallest absolute Gasteiger partial charge is 0.351 e. The number of hydrogen-bond acceptors (Lipinski definition) is 5. The minimum Gasteiger partial charge on any atom is -0.393 e. The van der Waals surface area contributed by atoms with Crippen molar-refractivity contribution in [1.29, 1.82) is 0 Å². The van der Waals surface area contributed by atoms with Crippen LogP contribution < -0.4 is 11.4 Å². The van der Waals surface area contributed by atoms with Gasteiger partial charge in [-0.15, -0.1) is 11.6 Å². The van der Waals surface area contributed by atoms with Gasteiger partial charge < -0.3 is 15.6 Å². The van der Waals surface area contributed by atoms with Crippen molar-refractivity contribution in [2.24, 2.45) is 0 Å². The molecule has 6 nitrogen and oxygen atoms in total. The van der Waals surface area contributed by atoms with Crippen LogP contribution in [-0.4, -0.2) is 32.2 Å². The van der Waals surface area contributed by atoms with Crippen molar-refractivity contribution in [1.82, 2.24) is 9.55 Å². The highest BCUT2D eigenvalue weighted by Crippen LogP contribution is 2.41. The zero-order valence-electron chi connectivity index (χ0n) is 10.8. The maximum absolute atomic E-state index is 11.8. The lowest BCUT2D eigenvalue weighted by Crippen LogP contribution is -2.35. The summed E-state index contributed by atoms with van der Waals surface area (Å²) in [7, 11) is 0. The van der Waals surface area contributed by atoms with Crippen molar-refractivity contribution >= 4 is 17.4 Å². The van der Waals surface area contributed by atoms with E-state index in [4.69, 9.17) is 22.1 Å². The van der Waals surface area contributed by atoms with E-state index in [1.165, 1.54) is 16.8 Å². The number of aliphatic hydroxyl groups is 1. The monoisotopic (exact) mass is 287 g/mol. The van der Waals surface area contributed by atoms with Gasteiger partial charge in [-0.25, -0.2) is 4.79 Å². The third kappa shape index (κ3) is 2.75. The minimum absolute atomic E-state index is 0.113. The van der Waals surface area contributed by atoms with Crippen LogP contribution in [0, 0.1) is 0 Å². The van der Waals surface area contributed by atoms with Crippen LogP contribution in [0.3, 0.4) is 0 Å². The molecule has 0 aromatic carbocycles. The Morgan fingerprint density at radius 1 is 1.74 bits per heavy atom. The van der Waals surface area contributed by atoms with Gasteiger partial charge in [0.25, 0.3) is 0 Å². The lowest BCUT2D eigenvalue weighted by molar-refractivity contribution is -0.103. The van der Waals surface area contributed by atoms with Crippen molar-refractivity contribution in [2.75, 3.05) is 12.3 Å². The average molecular weight is 288 g/mol. The largest absolute Gasteiger partial charge is 0.393 e. The van der Waals surface area contributed by atoms with E-state index in [0.29, 0.717) is 12.8 Å². The number of rotatable bonds is 4. The Labute approximate surface area is 116 Å². The average Bonchev–Trinajstić information content (AvgIpc) is 2.68. The predicted molar refractivity (Wildman–Crippen MR) is 72.0 cm³/mol. The summed E-state index contributed by atoms with van der Waals surface area (Å²) < 4.78 is 7.18. The van der Waals surface area contributed by atoms with E-state index in [2.05, 4.69) is 4.98 Å². The van der Waals surface area contributed by atoms with Crippen molar-refractivity contribution in [3.05, 3.63) is 22.7 Å². The first kappa shape index (κ1) is 14.3. The first-order valence-electron chi connectivity index (χ1n) is 6.29. The number of anilines is 1. The maximum Gasteiger partial charge on any atom is 0.351 e. The van der Waals surface area contributed by atoms with Crippen LogP contribution in [0.4, 0.5) is 5.82 Å². The number of nitrogens with two attached hydrogens (primary N) is 1. The molecule has 3 N–H and O–H groups in total. The van der Waals surface area contributed by atoms with Crippen molar-refractivity contribution < 1.29 is 9.84 Å². The van der Waals surface area contributed by atoms with Gasteiger partial charge in [0.2, 0.25) is 0 Å². The standard InChI is InChI=1S/C12H18ClN3O3/c1-2-4-12(7-17)6-8(13)10(19-12)16-5-3-9(14)15-11(16)18/h3,5,8,10,17H,2,4,6-7H2,1H3,(H2,14,15,18)/t8-,10?,12+/m1/s1. The van der Waals surface area contributed by atoms with E-state index in [-0.39, 0.29) is 17.8 Å². The van der Waals surface area contributed by atoms with Gasteiger partial charge in [-0.3, -0.25) is 4.57 Å². The number of nitrogen functional groups attached to an aromatic ring is 1. The molecular weight excluding hydrogens is 270 g/mol. The number of halogens is 1. The third-order valence-corrected chi connectivity index (χ3v) is 3.74. The summed E-state index contributed by atoms with van der Waals surface area (Å²) in [5.41, 5.74) is 4.28. The summed E-state index contributed by atoms with van der Waals surface area (Å²) >= 11 is 6.27. The number of nitrogens with zero attached hydrogens (tertiary/aromatic N) is 2. The highest BCUT2D eigenvalue weighted by molar-refractivity contribution is 6.21. The molecule has 1 fully saturated rings. The van der Waals surface area contributed by atoms with Crippen LogP contribution in [0.2, 0.25) is 0 Å². The molecule has 1 aliphatic heterocycles. The zero-order chi connectivity index (χ0) is 14.0. The molecule has 1 saturated heterocycles. The molecule has 1 aromatic heterocycles. The van der Waals surface area contributed by atoms with E-state index in [9.17, 15) is 9.90 Å². The lowest BCUT2D eigenvalue weighted by atomic mass is 9.95. The molecule has 19 heavy (non-hydrogen) atoms. The molecule has 106 valence electrons. The Morgan fingerprint density at radius 3 is 3.05 bits per heavy atom. The quantitative estimate of drug-likeness (QED) is 0.803. The molecule has 1 aromatic rings. The molecule has 7 heteroatoms. The van der Waals surface area contributed by atoms with Gasteiger partial charge in [0, 0.05) is 6.20 Å². The van der Waals surface area contributed by atoms with Gasteiger partial charge in [-0.2, -0.15) is 4.98 Å². The summed E-state index contributed by atoms with van der Waals surface area (Å²) in [5, 5.41) is 9.15. The molecule has 2 heterocycles. The molecule has 3 atom stereocenters. The molecule has 0 radical (unpaired) electrons. The number of ether oxygens (including phenoxy) is 1. The molecular formula is C12H18ClN3O3. The molecule has 1 unspecified atom stereocenters. The predicted octanol–water partition coefficient (Wildman–Crippen LogP) is 0.883. The van der Waals surface area contributed by atoms with Gasteiger partial charge in [0.1, 0.15) is 5.82 Å². The molecule has 0 saturated carbocycles. The van der Waals surface area contributed by atoms with E-state index in [0.717, 1.165) is 6.42 Å². The first-order valence-corrected chi connectivity index (χ1v) is 6.72. The number of alkyl halides is 1. The Morgan fingerprint density at radius 2 is 2.47 bits per heavy atom. The van der Waals surface area contributed by atoms with Crippen LogP contribution >= 0.6 is 11.6 Å². The van der Waals surface area contributed by atoms with Crippen LogP contribution in [0.25, 0.3) is 0 Å². The van der Waals surface area contributed by atoms with Gasteiger partial charge in [-0.05, 0) is 18.9 Å². The summed E-state index contributed by atoms with van der Waals surface area (Å²) in [6.45, 7) is 1.89. The zero-order valence-corrected chi connectivity index (χ0v) is 11.5. The van der Waals surface area contributed by atoms with Crippen molar-refractivity contribution in [3.8, 4) is 0 Å². The van der Waals surface area contributed by atoms with E-state index < -0.39 is 17.5 Å². The lowest BCUT2D eigenvalue weighted by Gasteiger charge is -2.26. The highest BCUT2D eigenvalue weighted by Gasteiger charge is 2.46. The molecule has 2 rings (SSSR count). The molecule has 0 spiro atoms. The van der Waals surface area contributed by atoms with E-state index in [1.54, 1.807) is 0 Å². The molecule has 0 bridgehead atoms. The van der Waals surface area contributed by atoms with Crippen molar-refractivity contribution in [2.45, 2.75) is 43.4 Å². The van der Waals surface area contributed by atoms with E-state index >= 15 is 0 Å². The van der Waals surface area contributed by atoms with Crippen LogP contribution in [0.5, 0.6) is 0 Å². The van der Waals surface area contributed by atoms with Crippen LogP contribution in [0.1, 0.15) is 32.4 Å². The minimum atomic E-state index is -0.674. The molecule has 1 aliphatic rings. The number of hydrogen-bond donors (Lipinski definition) is 2. The number of aromatic nitrogens is 2. The topological polar surface area (TPSA) is 90.4 Å². The van der Waals surface area contributed by atoms with Crippen LogP contribution in [-0.2, 0) is 4.74 Å². The Hall–Kier alpha value is -1.11. The maximum atomic E-state index is 11.8. The third-order valence-electron chi connectivity index (χ3n) is 3.37.